The van der Waals surface area contributed by atoms with Crippen LogP contribution in [-0.4, -0.2) is 39.3 Å². The topological polar surface area (TPSA) is 59.4 Å². The van der Waals surface area contributed by atoms with E-state index in [4.69, 9.17) is 21.3 Å². The summed E-state index contributed by atoms with van der Waals surface area (Å²) in [4.78, 5) is 17.0. The summed E-state index contributed by atoms with van der Waals surface area (Å²) in [6.45, 7) is 3.82. The van der Waals surface area contributed by atoms with Gasteiger partial charge in [0.25, 0.3) is 0 Å². The third-order valence-electron chi connectivity index (χ3n) is 7.47. The van der Waals surface area contributed by atoms with Gasteiger partial charge in [-0.1, -0.05) is 78.3 Å². The lowest BCUT2D eigenvalue weighted by atomic mass is 9.84. The fourth-order valence-electron chi connectivity index (χ4n) is 5.08. The highest BCUT2D eigenvalue weighted by molar-refractivity contribution is 7.99. The van der Waals surface area contributed by atoms with Gasteiger partial charge in [0.2, 0.25) is 0 Å². The molecule has 5 rings (SSSR count). The highest BCUT2D eigenvalue weighted by Gasteiger charge is 2.41. The number of aliphatic hydroxyl groups is 1. The Morgan fingerprint density at radius 2 is 1.88 bits per heavy atom. The summed E-state index contributed by atoms with van der Waals surface area (Å²) >= 11 is 7.80. The predicted octanol–water partition coefficient (Wildman–Crippen LogP) is 8.33. The van der Waals surface area contributed by atoms with Crippen LogP contribution in [-0.2, 0) is 16.0 Å². The normalized spacial score (nSPS) is 15.6. The number of thioether (sulfide) groups is 1. The molecule has 1 aliphatic rings. The number of hydrogen-bond donors (Lipinski definition) is 1. The monoisotopic (exact) mass is 585 g/mol. The van der Waals surface area contributed by atoms with Crippen LogP contribution in [0.25, 0.3) is 23.1 Å². The molecule has 41 heavy (non-hydrogen) atoms. The van der Waals surface area contributed by atoms with Gasteiger partial charge in [0.1, 0.15) is 5.60 Å². The molecule has 0 amide bonds. The summed E-state index contributed by atoms with van der Waals surface area (Å²) in [6, 6.07) is 26.8. The van der Waals surface area contributed by atoms with Crippen molar-refractivity contribution in [1.82, 2.24) is 4.98 Å². The molecule has 3 aromatic carbocycles. The molecule has 4 aromatic rings. The second-order valence-electron chi connectivity index (χ2n) is 11.1. The van der Waals surface area contributed by atoms with Crippen molar-refractivity contribution in [2.24, 2.45) is 0 Å². The van der Waals surface area contributed by atoms with Crippen molar-refractivity contribution < 1.29 is 14.6 Å². The van der Waals surface area contributed by atoms with Crippen LogP contribution in [0.3, 0.4) is 0 Å². The number of carbonyl (C=O) groups is 1. The van der Waals surface area contributed by atoms with Crippen LogP contribution in [0.15, 0.2) is 78.9 Å². The standard InChI is InChI=1S/C35H36ClNO3S/c1-24(38)20-27-7-3-4-9-31(27)32(16-19-41-23-34(39)40-35(2)17-18-35)28-8-5-6-25(21-28)10-14-30-15-12-26-11-13-29(36)22-33(26)37-30/h3-15,21-22,24,32,38H,16-20,23H2,1-2H3/b14-10+. The number of pyridine rings is 1. The molecule has 1 aromatic heterocycles. The Bertz CT molecular complexity index is 1550. The van der Waals surface area contributed by atoms with E-state index in [9.17, 15) is 9.90 Å². The molecular weight excluding hydrogens is 550 g/mol. The molecule has 0 spiro atoms. The first-order chi connectivity index (χ1) is 19.8. The molecule has 1 heterocycles. The molecule has 1 saturated carbocycles. The highest BCUT2D eigenvalue weighted by Crippen LogP contribution is 2.39. The van der Waals surface area contributed by atoms with Crippen LogP contribution in [0.1, 0.15) is 67.0 Å². The zero-order valence-electron chi connectivity index (χ0n) is 23.6. The van der Waals surface area contributed by atoms with Crippen molar-refractivity contribution >= 4 is 52.4 Å². The first-order valence-electron chi connectivity index (χ1n) is 14.2. The van der Waals surface area contributed by atoms with Gasteiger partial charge in [-0.05, 0) is 91.8 Å². The number of aromatic nitrogens is 1. The van der Waals surface area contributed by atoms with E-state index in [0.717, 1.165) is 52.7 Å². The lowest BCUT2D eigenvalue weighted by Crippen LogP contribution is -2.17. The van der Waals surface area contributed by atoms with Crippen molar-refractivity contribution in [3.8, 4) is 0 Å². The van der Waals surface area contributed by atoms with Gasteiger partial charge in [-0.25, -0.2) is 4.98 Å². The van der Waals surface area contributed by atoms with Crippen LogP contribution in [0, 0.1) is 0 Å². The van der Waals surface area contributed by atoms with Crippen LogP contribution < -0.4 is 0 Å². The number of hydrogen-bond acceptors (Lipinski definition) is 5. The van der Waals surface area contributed by atoms with Crippen molar-refractivity contribution in [2.75, 3.05) is 11.5 Å². The summed E-state index contributed by atoms with van der Waals surface area (Å²) in [6.07, 6.45) is 7.07. The second-order valence-corrected chi connectivity index (χ2v) is 12.7. The molecule has 6 heteroatoms. The first kappa shape index (κ1) is 29.4. The van der Waals surface area contributed by atoms with E-state index in [1.165, 1.54) is 11.1 Å². The molecule has 2 unspecified atom stereocenters. The molecule has 0 radical (unpaired) electrons. The third kappa shape index (κ3) is 8.22. The Morgan fingerprint density at radius 3 is 2.68 bits per heavy atom. The van der Waals surface area contributed by atoms with Gasteiger partial charge in [-0.3, -0.25) is 4.79 Å². The van der Waals surface area contributed by atoms with E-state index in [-0.39, 0.29) is 17.5 Å². The van der Waals surface area contributed by atoms with Gasteiger partial charge in [-0.15, -0.1) is 0 Å². The minimum Gasteiger partial charge on any atom is -0.459 e. The maximum Gasteiger partial charge on any atom is 0.316 e. The second kappa shape index (κ2) is 13.2. The maximum atomic E-state index is 12.3. The Kier molecular flexibility index (Phi) is 9.49. The molecule has 1 aliphatic carbocycles. The van der Waals surface area contributed by atoms with Crippen LogP contribution in [0.5, 0.6) is 0 Å². The number of esters is 1. The Morgan fingerprint density at radius 1 is 1.07 bits per heavy atom. The van der Waals surface area contributed by atoms with E-state index in [1.807, 2.05) is 50.3 Å². The molecule has 1 fully saturated rings. The van der Waals surface area contributed by atoms with Gasteiger partial charge in [0.05, 0.1) is 23.1 Å². The number of nitrogens with zero attached hydrogens (tertiary/aromatic N) is 1. The lowest BCUT2D eigenvalue weighted by Gasteiger charge is -2.22. The van der Waals surface area contributed by atoms with Crippen molar-refractivity contribution in [2.45, 2.75) is 57.2 Å². The van der Waals surface area contributed by atoms with Crippen molar-refractivity contribution in [1.29, 1.82) is 0 Å². The Labute approximate surface area is 251 Å². The zero-order valence-corrected chi connectivity index (χ0v) is 25.1. The summed E-state index contributed by atoms with van der Waals surface area (Å²) in [5.74, 6) is 1.19. The number of rotatable bonds is 12. The Hall–Kier alpha value is -3.12. The number of halogens is 1. The predicted molar refractivity (Wildman–Crippen MR) is 171 cm³/mol. The fourth-order valence-corrected chi connectivity index (χ4v) is 6.02. The number of ether oxygens (including phenoxy) is 1. The minimum absolute atomic E-state index is 0.127. The van der Waals surface area contributed by atoms with Crippen LogP contribution in [0.2, 0.25) is 5.02 Å². The number of benzene rings is 3. The van der Waals surface area contributed by atoms with Crippen molar-refractivity contribution in [3.63, 3.8) is 0 Å². The molecule has 0 bridgehead atoms. The molecular formula is C35H36ClNO3S. The summed E-state index contributed by atoms with van der Waals surface area (Å²) in [5.41, 5.74) is 6.17. The molecule has 4 nitrogen and oxygen atoms in total. The minimum atomic E-state index is -0.427. The molecule has 0 saturated heterocycles. The first-order valence-corrected chi connectivity index (χ1v) is 15.7. The number of aliphatic hydroxyl groups excluding tert-OH is 1. The van der Waals surface area contributed by atoms with Gasteiger partial charge >= 0.3 is 5.97 Å². The molecule has 212 valence electrons. The molecule has 2 atom stereocenters. The van der Waals surface area contributed by atoms with Gasteiger partial charge < -0.3 is 9.84 Å². The molecule has 1 N–H and O–H groups in total. The average Bonchev–Trinajstić information content (AvgIpc) is 3.68. The van der Waals surface area contributed by atoms with E-state index in [0.29, 0.717) is 17.2 Å². The Balaban J connectivity index is 1.35. The largest absolute Gasteiger partial charge is 0.459 e. The van der Waals surface area contributed by atoms with Crippen LogP contribution >= 0.6 is 23.4 Å². The number of carbonyl (C=O) groups excluding carboxylic acids is 1. The van der Waals surface area contributed by atoms with Crippen LogP contribution in [0.4, 0.5) is 0 Å². The van der Waals surface area contributed by atoms with E-state index < -0.39 is 6.10 Å². The van der Waals surface area contributed by atoms with Gasteiger partial charge in [0, 0.05) is 16.3 Å². The highest BCUT2D eigenvalue weighted by atomic mass is 35.5. The summed E-state index contributed by atoms with van der Waals surface area (Å²) in [7, 11) is 0. The maximum absolute atomic E-state index is 12.3. The SMILES string of the molecule is CC(O)Cc1ccccc1C(CCSCC(=O)OC1(C)CC1)c1cccc(/C=C/c2ccc3ccc(Cl)cc3n2)c1. The zero-order chi connectivity index (χ0) is 28.8. The van der Waals surface area contributed by atoms with Crippen molar-refractivity contribution in [3.05, 3.63) is 112 Å². The van der Waals surface area contributed by atoms with Gasteiger partial charge in [0.15, 0.2) is 0 Å². The molecule has 0 aliphatic heterocycles. The van der Waals surface area contributed by atoms with E-state index in [1.54, 1.807) is 11.8 Å². The third-order valence-corrected chi connectivity index (χ3v) is 8.67. The summed E-state index contributed by atoms with van der Waals surface area (Å²) < 4.78 is 5.59. The average molecular weight is 586 g/mol. The smallest absolute Gasteiger partial charge is 0.316 e. The summed E-state index contributed by atoms with van der Waals surface area (Å²) in [5, 5.41) is 11.9. The van der Waals surface area contributed by atoms with Gasteiger partial charge in [-0.2, -0.15) is 11.8 Å². The quantitative estimate of drug-likeness (QED) is 0.134. The van der Waals surface area contributed by atoms with E-state index >= 15 is 0 Å². The fraction of sp³-hybridized carbons (Fsp3) is 0.314. The lowest BCUT2D eigenvalue weighted by molar-refractivity contribution is -0.146. The van der Waals surface area contributed by atoms with E-state index in [2.05, 4.69) is 54.6 Å². The number of fused-ring (bicyclic) bond motifs is 1.